The third-order valence-electron chi connectivity index (χ3n) is 5.58. The third-order valence-corrected chi connectivity index (χ3v) is 6.54. The van der Waals surface area contributed by atoms with Crippen LogP contribution in [0.15, 0.2) is 81.4 Å². The second kappa shape index (κ2) is 9.27. The molecular formula is C26H23N5O3S. The number of carbonyl (C=O) groups excluding carboxylic acids is 1. The Morgan fingerprint density at radius 1 is 1.06 bits per heavy atom. The Morgan fingerprint density at radius 2 is 1.89 bits per heavy atom. The van der Waals surface area contributed by atoms with Crippen LogP contribution in [0.2, 0.25) is 0 Å². The molecule has 3 aromatic carbocycles. The zero-order valence-corrected chi connectivity index (χ0v) is 20.3. The first-order valence-corrected chi connectivity index (χ1v) is 11.8. The van der Waals surface area contributed by atoms with Gasteiger partial charge in [-0.2, -0.15) is 0 Å². The van der Waals surface area contributed by atoms with E-state index in [1.54, 1.807) is 7.11 Å². The molecular weight excluding hydrogens is 462 g/mol. The Kier molecular flexibility index (Phi) is 6.00. The van der Waals surface area contributed by atoms with Crippen molar-refractivity contribution in [2.24, 2.45) is 0 Å². The average Bonchev–Trinajstić information content (AvgIpc) is 3.17. The summed E-state index contributed by atoms with van der Waals surface area (Å²) in [5.74, 6) is 0.388. The molecule has 35 heavy (non-hydrogen) atoms. The number of aromatic nitrogens is 4. The zero-order valence-electron chi connectivity index (χ0n) is 19.5. The number of hydrogen-bond donors (Lipinski definition) is 1. The number of para-hydroxylation sites is 2. The van der Waals surface area contributed by atoms with Gasteiger partial charge in [0.05, 0.1) is 18.1 Å². The SMILES string of the molecule is COc1cccc(Sc2nc3ccccc3n3c(=O)n(CC(=O)Nc4ccc(C)cc4C)nc23)c1. The van der Waals surface area contributed by atoms with Crippen molar-refractivity contribution in [3.63, 3.8) is 0 Å². The summed E-state index contributed by atoms with van der Waals surface area (Å²) in [6.45, 7) is 3.71. The van der Waals surface area contributed by atoms with Crippen LogP contribution in [0.3, 0.4) is 0 Å². The van der Waals surface area contributed by atoms with Gasteiger partial charge in [-0.15, -0.1) is 5.10 Å². The van der Waals surface area contributed by atoms with Crippen LogP contribution in [-0.4, -0.2) is 32.2 Å². The van der Waals surface area contributed by atoms with Crippen molar-refractivity contribution >= 4 is 40.0 Å². The maximum Gasteiger partial charge on any atom is 0.351 e. The molecule has 0 saturated heterocycles. The summed E-state index contributed by atoms with van der Waals surface area (Å²) in [5, 5.41) is 7.95. The van der Waals surface area contributed by atoms with Gasteiger partial charge in [-0.3, -0.25) is 4.79 Å². The molecule has 8 nitrogen and oxygen atoms in total. The number of benzene rings is 3. The van der Waals surface area contributed by atoms with E-state index >= 15 is 0 Å². The molecule has 5 rings (SSSR count). The first kappa shape index (κ1) is 22.7. The summed E-state index contributed by atoms with van der Waals surface area (Å²) in [6, 6.07) is 20.7. The Morgan fingerprint density at radius 3 is 2.69 bits per heavy atom. The molecule has 0 bridgehead atoms. The van der Waals surface area contributed by atoms with Gasteiger partial charge in [0.2, 0.25) is 5.91 Å². The van der Waals surface area contributed by atoms with E-state index in [0.717, 1.165) is 21.8 Å². The fourth-order valence-corrected chi connectivity index (χ4v) is 4.81. The maximum absolute atomic E-state index is 13.4. The molecule has 9 heteroatoms. The summed E-state index contributed by atoms with van der Waals surface area (Å²) >= 11 is 1.38. The van der Waals surface area contributed by atoms with E-state index in [1.807, 2.05) is 80.6 Å². The smallest absolute Gasteiger partial charge is 0.351 e. The zero-order chi connectivity index (χ0) is 24.5. The highest BCUT2D eigenvalue weighted by Gasteiger charge is 2.19. The van der Waals surface area contributed by atoms with Crippen LogP contribution in [0.4, 0.5) is 5.69 Å². The number of rotatable bonds is 6. The van der Waals surface area contributed by atoms with Crippen molar-refractivity contribution < 1.29 is 9.53 Å². The lowest BCUT2D eigenvalue weighted by Crippen LogP contribution is -2.28. The van der Waals surface area contributed by atoms with E-state index in [1.165, 1.54) is 20.8 Å². The molecule has 1 N–H and O–H groups in total. The number of hydrogen-bond acceptors (Lipinski definition) is 6. The first-order valence-electron chi connectivity index (χ1n) is 11.0. The van der Waals surface area contributed by atoms with Crippen LogP contribution in [0.25, 0.3) is 16.7 Å². The highest BCUT2D eigenvalue weighted by atomic mass is 32.2. The van der Waals surface area contributed by atoms with Crippen LogP contribution in [0.5, 0.6) is 5.75 Å². The van der Waals surface area contributed by atoms with Crippen molar-refractivity contribution in [2.75, 3.05) is 12.4 Å². The molecule has 1 amide bonds. The Hall–Kier alpha value is -4.11. The summed E-state index contributed by atoms with van der Waals surface area (Å²) < 4.78 is 8.02. The number of fused-ring (bicyclic) bond motifs is 3. The molecule has 0 saturated carbocycles. The Balaban J connectivity index is 1.55. The van der Waals surface area contributed by atoms with Gasteiger partial charge in [0, 0.05) is 10.6 Å². The lowest BCUT2D eigenvalue weighted by atomic mass is 10.1. The van der Waals surface area contributed by atoms with E-state index in [-0.39, 0.29) is 12.5 Å². The van der Waals surface area contributed by atoms with Crippen molar-refractivity contribution in [1.29, 1.82) is 0 Å². The normalized spacial score (nSPS) is 11.2. The van der Waals surface area contributed by atoms with Gasteiger partial charge in [0.25, 0.3) is 0 Å². The predicted molar refractivity (Wildman–Crippen MR) is 136 cm³/mol. The summed E-state index contributed by atoms with van der Waals surface area (Å²) in [4.78, 5) is 31.8. The van der Waals surface area contributed by atoms with Gasteiger partial charge < -0.3 is 10.1 Å². The molecule has 0 fully saturated rings. The molecule has 176 valence electrons. The van der Waals surface area contributed by atoms with Crippen LogP contribution in [-0.2, 0) is 11.3 Å². The maximum atomic E-state index is 13.4. The largest absolute Gasteiger partial charge is 0.497 e. The number of nitrogens with one attached hydrogen (secondary N) is 1. The van der Waals surface area contributed by atoms with E-state index in [0.29, 0.717) is 27.4 Å². The highest BCUT2D eigenvalue weighted by molar-refractivity contribution is 7.99. The number of aryl methyl sites for hydroxylation is 2. The van der Waals surface area contributed by atoms with E-state index in [9.17, 15) is 9.59 Å². The molecule has 0 atom stereocenters. The molecule has 0 aliphatic carbocycles. The van der Waals surface area contributed by atoms with Gasteiger partial charge in [-0.05, 0) is 55.8 Å². The van der Waals surface area contributed by atoms with Crippen molar-refractivity contribution in [1.82, 2.24) is 19.2 Å². The standard InChI is InChI=1S/C26H23N5O3S/c1-16-11-12-20(17(2)13-16)27-23(32)15-30-26(33)31-22-10-5-4-9-21(22)28-25(24(31)29-30)35-19-8-6-7-18(14-19)34-3/h4-14H,15H2,1-3H3,(H,27,32). The summed E-state index contributed by atoms with van der Waals surface area (Å²) in [7, 11) is 1.61. The van der Waals surface area contributed by atoms with Crippen molar-refractivity contribution in [2.45, 2.75) is 30.3 Å². The topological polar surface area (TPSA) is 90.5 Å². The number of nitrogens with zero attached hydrogens (tertiary/aromatic N) is 4. The molecule has 0 unspecified atom stereocenters. The Bertz CT molecular complexity index is 1640. The monoisotopic (exact) mass is 485 g/mol. The quantitative estimate of drug-likeness (QED) is 0.382. The predicted octanol–water partition coefficient (Wildman–Crippen LogP) is 4.46. The molecule has 0 aliphatic rings. The number of anilines is 1. The molecule has 0 radical (unpaired) electrons. The van der Waals surface area contributed by atoms with E-state index < -0.39 is 5.69 Å². The number of amides is 1. The molecule has 0 spiro atoms. The molecule has 5 aromatic rings. The van der Waals surface area contributed by atoms with Crippen LogP contribution >= 0.6 is 11.8 Å². The number of methoxy groups -OCH3 is 1. The average molecular weight is 486 g/mol. The van der Waals surface area contributed by atoms with E-state index in [4.69, 9.17) is 9.72 Å². The van der Waals surface area contributed by atoms with Gasteiger partial charge in [0.1, 0.15) is 17.3 Å². The minimum Gasteiger partial charge on any atom is -0.497 e. The Labute approximate surface area is 205 Å². The van der Waals surface area contributed by atoms with Crippen molar-refractivity contribution in [3.05, 3.63) is 88.3 Å². The highest BCUT2D eigenvalue weighted by Crippen LogP contribution is 2.32. The molecule has 2 heterocycles. The summed E-state index contributed by atoms with van der Waals surface area (Å²) in [5.41, 5.74) is 4.04. The fourth-order valence-electron chi connectivity index (χ4n) is 3.90. The summed E-state index contributed by atoms with van der Waals surface area (Å²) in [6.07, 6.45) is 0. The molecule has 2 aromatic heterocycles. The molecule has 0 aliphatic heterocycles. The second-order valence-electron chi connectivity index (χ2n) is 8.15. The minimum atomic E-state index is -0.401. The van der Waals surface area contributed by atoms with Crippen molar-refractivity contribution in [3.8, 4) is 5.75 Å². The lowest BCUT2D eigenvalue weighted by Gasteiger charge is -2.08. The van der Waals surface area contributed by atoms with Gasteiger partial charge in [0.15, 0.2) is 5.65 Å². The van der Waals surface area contributed by atoms with Crippen LogP contribution in [0.1, 0.15) is 11.1 Å². The third kappa shape index (κ3) is 4.50. The van der Waals surface area contributed by atoms with E-state index in [2.05, 4.69) is 10.4 Å². The fraction of sp³-hybridized carbons (Fsp3) is 0.154. The number of carbonyl (C=O) groups is 1. The van der Waals surface area contributed by atoms with Crippen LogP contribution < -0.4 is 15.7 Å². The van der Waals surface area contributed by atoms with Gasteiger partial charge >= 0.3 is 5.69 Å². The van der Waals surface area contributed by atoms with Gasteiger partial charge in [-0.25, -0.2) is 18.9 Å². The minimum absolute atomic E-state index is 0.217. The van der Waals surface area contributed by atoms with Crippen LogP contribution in [0, 0.1) is 13.8 Å². The van der Waals surface area contributed by atoms with Gasteiger partial charge in [-0.1, -0.05) is 47.7 Å². The number of ether oxygens (including phenoxy) is 1. The lowest BCUT2D eigenvalue weighted by molar-refractivity contribution is -0.117. The first-order chi connectivity index (χ1) is 16.9. The second-order valence-corrected chi connectivity index (χ2v) is 9.21.